The number of hydrogen-bond donors (Lipinski definition) is 1. The van der Waals surface area contributed by atoms with Crippen LogP contribution in [0.15, 0.2) is 25.3 Å². The summed E-state index contributed by atoms with van der Waals surface area (Å²) in [5.74, 6) is -2.29. The molecule has 0 saturated carbocycles. The summed E-state index contributed by atoms with van der Waals surface area (Å²) in [5, 5.41) is 9.46. The van der Waals surface area contributed by atoms with Crippen LogP contribution in [0.2, 0.25) is 0 Å². The third kappa shape index (κ3) is 6.43. The zero-order valence-electron chi connectivity index (χ0n) is 26.4. The molecule has 5 atom stereocenters. The number of allylic oxidation sites excluding steroid dienone is 1. The number of carbonyl (C=O) groups excluding carboxylic acids is 3. The first-order valence-corrected chi connectivity index (χ1v) is 15.6. The van der Waals surface area contributed by atoms with Crippen LogP contribution in [0.4, 0.5) is 0 Å². The molecule has 3 aliphatic heterocycles. The van der Waals surface area contributed by atoms with E-state index in [1.807, 2.05) is 17.9 Å². The molecule has 3 fully saturated rings. The molecule has 0 aromatic carbocycles. The van der Waals surface area contributed by atoms with Gasteiger partial charge in [0.1, 0.15) is 17.6 Å². The molecule has 8 nitrogen and oxygen atoms in total. The molecule has 1 spiro atoms. The van der Waals surface area contributed by atoms with Gasteiger partial charge in [-0.1, -0.05) is 39.8 Å². The first-order valence-electron chi connectivity index (χ1n) is 15.6. The van der Waals surface area contributed by atoms with Crippen molar-refractivity contribution >= 4 is 17.8 Å². The van der Waals surface area contributed by atoms with Crippen molar-refractivity contribution in [1.82, 2.24) is 9.80 Å². The number of nitrogens with zero attached hydrogens (tertiary/aromatic N) is 2. The summed E-state index contributed by atoms with van der Waals surface area (Å²) in [6.45, 7) is 21.2. The van der Waals surface area contributed by atoms with E-state index in [4.69, 9.17) is 9.47 Å². The van der Waals surface area contributed by atoms with E-state index in [-0.39, 0.29) is 30.4 Å². The number of amides is 2. The lowest BCUT2D eigenvalue weighted by atomic mass is 9.65. The second kappa shape index (κ2) is 13.0. The Kier molecular flexibility index (Phi) is 10.6. The van der Waals surface area contributed by atoms with Crippen LogP contribution < -0.4 is 0 Å². The maximum atomic E-state index is 14.8. The van der Waals surface area contributed by atoms with Gasteiger partial charge < -0.3 is 24.4 Å². The van der Waals surface area contributed by atoms with E-state index in [0.717, 1.165) is 25.7 Å². The number of hydrogen-bond acceptors (Lipinski definition) is 6. The van der Waals surface area contributed by atoms with Crippen LogP contribution in [0, 0.1) is 17.3 Å². The highest BCUT2D eigenvalue weighted by atomic mass is 16.6. The lowest BCUT2D eigenvalue weighted by Crippen LogP contribution is -2.61. The van der Waals surface area contributed by atoms with Crippen molar-refractivity contribution in [2.24, 2.45) is 17.3 Å². The second-order valence-electron chi connectivity index (χ2n) is 14.0. The van der Waals surface area contributed by atoms with Gasteiger partial charge in [0, 0.05) is 25.2 Å². The predicted molar refractivity (Wildman–Crippen MR) is 160 cm³/mol. The summed E-state index contributed by atoms with van der Waals surface area (Å²) >= 11 is 0. The Morgan fingerprint density at radius 3 is 2.41 bits per heavy atom. The first-order chi connectivity index (χ1) is 19.2. The molecule has 41 heavy (non-hydrogen) atoms. The quantitative estimate of drug-likeness (QED) is 0.158. The molecule has 3 aliphatic rings. The zero-order chi connectivity index (χ0) is 30.6. The molecule has 2 amide bonds. The van der Waals surface area contributed by atoms with E-state index in [9.17, 15) is 19.5 Å². The smallest absolute Gasteiger partial charge is 0.312 e. The van der Waals surface area contributed by atoms with Gasteiger partial charge in [-0.25, -0.2) is 0 Å². The fourth-order valence-corrected chi connectivity index (χ4v) is 7.95. The van der Waals surface area contributed by atoms with Crippen molar-refractivity contribution in [3.8, 4) is 0 Å². The Bertz CT molecular complexity index is 987. The molecule has 0 aliphatic carbocycles. The lowest BCUT2D eigenvalue weighted by Gasteiger charge is -2.45. The zero-order valence-corrected chi connectivity index (χ0v) is 26.4. The van der Waals surface area contributed by atoms with Gasteiger partial charge in [0.05, 0.1) is 18.1 Å². The third-order valence-corrected chi connectivity index (χ3v) is 9.29. The van der Waals surface area contributed by atoms with E-state index >= 15 is 0 Å². The number of aliphatic hydroxyl groups excluding tert-OH is 1. The van der Waals surface area contributed by atoms with Gasteiger partial charge >= 0.3 is 5.97 Å². The van der Waals surface area contributed by atoms with E-state index in [2.05, 4.69) is 47.8 Å². The molecular formula is C33H54N2O6. The second-order valence-corrected chi connectivity index (χ2v) is 14.0. The lowest BCUT2D eigenvalue weighted by molar-refractivity contribution is -0.163. The molecule has 1 N–H and O–H groups in total. The highest BCUT2D eigenvalue weighted by Gasteiger charge is 2.79. The number of unbranched alkanes of at least 4 members (excludes halogenated alkanes) is 3. The number of aliphatic hydroxyl groups is 1. The van der Waals surface area contributed by atoms with Crippen LogP contribution in [0.3, 0.4) is 0 Å². The molecule has 0 aromatic heterocycles. The minimum atomic E-state index is -1.09. The monoisotopic (exact) mass is 574 g/mol. The summed E-state index contributed by atoms with van der Waals surface area (Å²) in [5.41, 5.74) is -2.46. The standard InChI is InChI=1S/C33H54N2O6/c1-9-12-13-16-22-40-29(39)25-24-27(37)34(20-14-15-21-36)26(33(24)18-17-32(25,11-3)41-33)28(38)35(19-10-2)31(7,8)23-30(4,5)6/h9-10,24-26,36H,1-2,11-23H2,3-8H3/t24-,25+,26?,32-,33?/m0/s1. The van der Waals surface area contributed by atoms with Gasteiger partial charge in [-0.15, -0.1) is 13.2 Å². The first kappa shape index (κ1) is 33.3. The molecular weight excluding hydrogens is 520 g/mol. The summed E-state index contributed by atoms with van der Waals surface area (Å²) < 4.78 is 12.6. The molecule has 232 valence electrons. The topological polar surface area (TPSA) is 96.4 Å². The molecule has 3 rings (SSSR count). The van der Waals surface area contributed by atoms with Crippen molar-refractivity contribution < 1.29 is 29.0 Å². The van der Waals surface area contributed by atoms with E-state index in [0.29, 0.717) is 45.2 Å². The van der Waals surface area contributed by atoms with Crippen molar-refractivity contribution in [1.29, 1.82) is 0 Å². The summed E-state index contributed by atoms with van der Waals surface area (Å²) in [4.78, 5) is 46.2. The number of ether oxygens (including phenoxy) is 2. The Morgan fingerprint density at radius 1 is 1.12 bits per heavy atom. The van der Waals surface area contributed by atoms with E-state index in [1.165, 1.54) is 0 Å². The van der Waals surface area contributed by atoms with Crippen LogP contribution in [0.1, 0.15) is 99.3 Å². The van der Waals surface area contributed by atoms with Gasteiger partial charge in [0.2, 0.25) is 11.8 Å². The number of rotatable bonds is 16. The maximum Gasteiger partial charge on any atom is 0.312 e. The minimum absolute atomic E-state index is 0.00662. The molecule has 2 bridgehead atoms. The van der Waals surface area contributed by atoms with Gasteiger partial charge in [0.25, 0.3) is 0 Å². The predicted octanol–water partition coefficient (Wildman–Crippen LogP) is 5.04. The Labute approximate surface area is 247 Å². The van der Waals surface area contributed by atoms with E-state index in [1.54, 1.807) is 11.0 Å². The average molecular weight is 575 g/mol. The molecule has 0 radical (unpaired) electrons. The summed E-state index contributed by atoms with van der Waals surface area (Å²) in [7, 11) is 0. The van der Waals surface area contributed by atoms with Gasteiger partial charge in [-0.3, -0.25) is 14.4 Å². The normalized spacial score (nSPS) is 29.0. The minimum Gasteiger partial charge on any atom is -0.465 e. The largest absolute Gasteiger partial charge is 0.465 e. The average Bonchev–Trinajstić information content (AvgIpc) is 3.49. The molecule has 2 unspecified atom stereocenters. The number of fused-ring (bicyclic) bond motifs is 1. The summed E-state index contributed by atoms with van der Waals surface area (Å²) in [6, 6.07) is -0.850. The SMILES string of the molecule is C=CCCCCOC(=O)[C@H]1[C@H]2C(=O)N(CCCCO)C(C(=O)N(CC=C)C(C)(C)CC(C)(C)C)C23CC[C@]1(CC)O3. The van der Waals surface area contributed by atoms with Crippen LogP contribution in [0.5, 0.6) is 0 Å². The van der Waals surface area contributed by atoms with Crippen LogP contribution in [-0.2, 0) is 23.9 Å². The Morgan fingerprint density at radius 2 is 1.83 bits per heavy atom. The maximum absolute atomic E-state index is 14.8. The highest BCUT2D eigenvalue weighted by molar-refractivity contribution is 5.98. The molecule has 8 heteroatoms. The Hall–Kier alpha value is -2.19. The fraction of sp³-hybridized carbons (Fsp3) is 0.788. The summed E-state index contributed by atoms with van der Waals surface area (Å²) in [6.07, 6.45) is 9.56. The van der Waals surface area contributed by atoms with Crippen molar-refractivity contribution in [3.05, 3.63) is 25.3 Å². The number of esters is 1. The fourth-order valence-electron chi connectivity index (χ4n) is 7.95. The van der Waals surface area contributed by atoms with Crippen LogP contribution in [0.25, 0.3) is 0 Å². The van der Waals surface area contributed by atoms with Crippen LogP contribution >= 0.6 is 0 Å². The van der Waals surface area contributed by atoms with Gasteiger partial charge in [0.15, 0.2) is 0 Å². The Balaban J connectivity index is 2.03. The molecule has 3 saturated heterocycles. The molecule has 3 heterocycles. The van der Waals surface area contributed by atoms with Gasteiger partial charge in [-0.05, 0) is 77.0 Å². The van der Waals surface area contributed by atoms with Gasteiger partial charge in [-0.2, -0.15) is 0 Å². The molecule has 0 aromatic rings. The van der Waals surface area contributed by atoms with Crippen molar-refractivity contribution in [2.75, 3.05) is 26.3 Å². The van der Waals surface area contributed by atoms with E-state index < -0.39 is 40.6 Å². The third-order valence-electron chi connectivity index (χ3n) is 9.29. The number of likely N-dealkylation sites (tertiary alicyclic amines) is 1. The highest BCUT2D eigenvalue weighted by Crippen LogP contribution is 2.64. The van der Waals surface area contributed by atoms with Crippen molar-refractivity contribution in [3.63, 3.8) is 0 Å². The number of carbonyl (C=O) groups is 3. The van der Waals surface area contributed by atoms with Crippen molar-refractivity contribution in [2.45, 2.75) is 122 Å². The van der Waals surface area contributed by atoms with Crippen LogP contribution in [-0.4, -0.2) is 81.8 Å².